The molecule has 3 aromatic rings. The maximum atomic E-state index is 14.2. The molecule has 43 heavy (non-hydrogen) atoms. The van der Waals surface area contributed by atoms with E-state index in [0.717, 1.165) is 9.13 Å². The van der Waals surface area contributed by atoms with Crippen LogP contribution in [0.1, 0.15) is 25.3 Å². The van der Waals surface area contributed by atoms with Crippen molar-refractivity contribution < 1.29 is 27.5 Å². The Labute approximate surface area is 243 Å². The third kappa shape index (κ3) is 5.39. The van der Waals surface area contributed by atoms with Gasteiger partial charge in [0.1, 0.15) is 5.75 Å². The molecule has 4 heterocycles. The number of hydrogen-bond donors (Lipinski definition) is 1. The Hall–Kier alpha value is -4.55. The number of carbonyl (C=O) groups excluding carboxylic acids is 1. The van der Waals surface area contributed by atoms with Crippen LogP contribution in [0.15, 0.2) is 40.2 Å². The molecule has 2 aliphatic heterocycles. The molecule has 2 aliphatic rings. The lowest BCUT2D eigenvalue weighted by Crippen LogP contribution is -2.60. The van der Waals surface area contributed by atoms with Crippen molar-refractivity contribution in [1.29, 1.82) is 0 Å². The zero-order valence-electron chi connectivity index (χ0n) is 23.7. The van der Waals surface area contributed by atoms with Crippen LogP contribution in [0.25, 0.3) is 10.8 Å². The Bertz CT molecular complexity index is 1740. The van der Waals surface area contributed by atoms with Crippen LogP contribution in [0, 0.1) is 11.8 Å². The number of hydroxylamine groups is 1. The van der Waals surface area contributed by atoms with E-state index in [1.165, 1.54) is 19.1 Å². The lowest BCUT2D eigenvalue weighted by molar-refractivity contribution is -0.203. The first-order valence-corrected chi connectivity index (χ1v) is 13.5. The number of rotatable bonds is 6. The first-order valence-electron chi connectivity index (χ1n) is 13.5. The van der Waals surface area contributed by atoms with Crippen LogP contribution < -0.4 is 31.7 Å². The Morgan fingerprint density at radius 3 is 2.65 bits per heavy atom. The number of fused-ring (bicyclic) bond motifs is 2. The summed E-state index contributed by atoms with van der Waals surface area (Å²) in [7, 11) is 2.82. The van der Waals surface area contributed by atoms with E-state index in [1.807, 2.05) is 0 Å². The summed E-state index contributed by atoms with van der Waals surface area (Å²) < 4.78 is 47.7. The number of hydrogen-bond acceptors (Lipinski definition) is 10. The molecule has 2 aromatic heterocycles. The molecule has 2 atom stereocenters. The number of anilines is 2. The molecule has 0 radical (unpaired) electrons. The highest BCUT2D eigenvalue weighted by atomic mass is 19.4. The first kappa shape index (κ1) is 29.9. The molecule has 0 spiro atoms. The lowest BCUT2D eigenvalue weighted by Gasteiger charge is -2.41. The highest BCUT2D eigenvalue weighted by Gasteiger charge is 2.51. The van der Waals surface area contributed by atoms with Crippen molar-refractivity contribution in [3.63, 3.8) is 0 Å². The smallest absolute Gasteiger partial charge is 0.493 e. The number of benzene rings is 1. The number of likely N-dealkylation sites (tertiary alicyclic amines) is 1. The predicted octanol–water partition coefficient (Wildman–Crippen LogP) is 1.53. The van der Waals surface area contributed by atoms with Crippen molar-refractivity contribution in [3.8, 4) is 17.6 Å². The standard InChI is InChI=1S/C28H30F3N7O5/c1-4-5-13-36-22-23(38(43-25(40)28(29,30)31)26(36)35-12-6-7-18(32)16-35)34(2)27(41)37(24(22)39)15-17-8-9-21(42-3)19-10-11-33-14-20(17)19/h8-11,14,18,26H,6-7,12-13,15-16,32H2,1-3H3. The second kappa shape index (κ2) is 11.6. The monoisotopic (exact) mass is 601 g/mol. The molecule has 1 saturated heterocycles. The minimum Gasteiger partial charge on any atom is -0.496 e. The van der Waals surface area contributed by atoms with Gasteiger partial charge < -0.3 is 20.2 Å². The van der Waals surface area contributed by atoms with Gasteiger partial charge in [-0.15, -0.1) is 11.0 Å². The molecule has 0 bridgehead atoms. The summed E-state index contributed by atoms with van der Waals surface area (Å²) in [5, 5.41) is 2.04. The molecular formula is C28H30F3N7O5. The molecule has 0 saturated carbocycles. The van der Waals surface area contributed by atoms with Gasteiger partial charge in [0.05, 0.1) is 20.2 Å². The van der Waals surface area contributed by atoms with Crippen molar-refractivity contribution >= 4 is 28.2 Å². The van der Waals surface area contributed by atoms with Crippen LogP contribution in [-0.4, -0.2) is 70.2 Å². The molecule has 2 N–H and O–H groups in total. The number of carbonyl (C=O) groups is 1. The molecule has 0 aliphatic carbocycles. The van der Waals surface area contributed by atoms with Gasteiger partial charge in [0.25, 0.3) is 5.56 Å². The van der Waals surface area contributed by atoms with Gasteiger partial charge in [0.2, 0.25) is 0 Å². The number of piperidine rings is 1. The van der Waals surface area contributed by atoms with Crippen molar-refractivity contribution in [2.45, 2.75) is 44.8 Å². The Kier molecular flexibility index (Phi) is 8.08. The van der Waals surface area contributed by atoms with E-state index in [9.17, 15) is 27.6 Å². The minimum atomic E-state index is -5.34. The van der Waals surface area contributed by atoms with Gasteiger partial charge in [0.15, 0.2) is 17.8 Å². The van der Waals surface area contributed by atoms with Crippen molar-refractivity contribution in [2.24, 2.45) is 12.8 Å². The first-order chi connectivity index (χ1) is 20.5. The van der Waals surface area contributed by atoms with E-state index in [4.69, 9.17) is 15.3 Å². The molecule has 228 valence electrons. The van der Waals surface area contributed by atoms with Gasteiger partial charge in [-0.1, -0.05) is 12.0 Å². The van der Waals surface area contributed by atoms with Crippen molar-refractivity contribution in [3.05, 3.63) is 57.0 Å². The number of nitrogens with zero attached hydrogens (tertiary/aromatic N) is 6. The summed E-state index contributed by atoms with van der Waals surface area (Å²) >= 11 is 0. The predicted molar refractivity (Wildman–Crippen MR) is 151 cm³/mol. The van der Waals surface area contributed by atoms with E-state index < -0.39 is 29.7 Å². The van der Waals surface area contributed by atoms with Crippen LogP contribution in [-0.2, 0) is 23.2 Å². The summed E-state index contributed by atoms with van der Waals surface area (Å²) in [6.45, 7) is 1.91. The average molecular weight is 602 g/mol. The summed E-state index contributed by atoms with van der Waals surface area (Å²) in [5.41, 5.74) is 5.01. The van der Waals surface area contributed by atoms with Gasteiger partial charge in [-0.3, -0.25) is 23.8 Å². The minimum absolute atomic E-state index is 0.108. The van der Waals surface area contributed by atoms with Gasteiger partial charge in [-0.2, -0.15) is 13.2 Å². The normalized spacial score (nSPS) is 18.8. The number of aromatic nitrogens is 3. The maximum absolute atomic E-state index is 14.2. The average Bonchev–Trinajstić information content (AvgIpc) is 3.30. The van der Waals surface area contributed by atoms with Gasteiger partial charge in [0, 0.05) is 49.3 Å². The Balaban J connectivity index is 1.71. The van der Waals surface area contributed by atoms with Crippen molar-refractivity contribution in [1.82, 2.24) is 19.0 Å². The lowest BCUT2D eigenvalue weighted by atomic mass is 10.1. The molecule has 2 unspecified atom stereocenters. The highest BCUT2D eigenvalue weighted by Crippen LogP contribution is 2.39. The quantitative estimate of drug-likeness (QED) is 0.416. The number of nitrogens with two attached hydrogens (primary N) is 1. The Morgan fingerprint density at radius 2 is 1.98 bits per heavy atom. The number of halogens is 3. The van der Waals surface area contributed by atoms with Gasteiger partial charge in [-0.25, -0.2) is 9.59 Å². The molecule has 5 rings (SSSR count). The molecule has 12 nitrogen and oxygen atoms in total. The van der Waals surface area contributed by atoms with E-state index in [1.54, 1.807) is 42.4 Å². The van der Waals surface area contributed by atoms with Crippen LogP contribution >= 0.6 is 0 Å². The zero-order chi connectivity index (χ0) is 31.1. The highest BCUT2D eigenvalue weighted by molar-refractivity contribution is 5.90. The summed E-state index contributed by atoms with van der Waals surface area (Å²) in [5.74, 6) is 3.36. The fraction of sp³-hybridized carbons (Fsp3) is 0.429. The molecule has 1 fully saturated rings. The topological polar surface area (TPSA) is 128 Å². The second-order valence-electron chi connectivity index (χ2n) is 10.3. The van der Waals surface area contributed by atoms with E-state index in [0.29, 0.717) is 46.5 Å². The van der Waals surface area contributed by atoms with Gasteiger partial charge >= 0.3 is 17.8 Å². The summed E-state index contributed by atoms with van der Waals surface area (Å²) in [6.07, 6.45) is -2.07. The SMILES string of the molecule is CC#CCN1c2c(n(C)c(=O)n(Cc3ccc(OC)c4ccncc34)c2=O)N(OC(=O)C(F)(F)F)C1N1CCCC(N)C1. The van der Waals surface area contributed by atoms with Crippen LogP contribution in [0.2, 0.25) is 0 Å². The van der Waals surface area contributed by atoms with Crippen molar-refractivity contribution in [2.75, 3.05) is 36.7 Å². The number of pyridine rings is 1. The fourth-order valence-corrected chi connectivity index (χ4v) is 5.59. The number of alkyl halides is 3. The number of ether oxygens (including phenoxy) is 1. The van der Waals surface area contributed by atoms with E-state index in [-0.39, 0.29) is 37.2 Å². The summed E-state index contributed by atoms with van der Waals surface area (Å²) in [6, 6.07) is 4.84. The van der Waals surface area contributed by atoms with Gasteiger partial charge in [-0.05, 0) is 37.5 Å². The number of methoxy groups -OCH3 is 1. The zero-order valence-corrected chi connectivity index (χ0v) is 23.7. The second-order valence-corrected chi connectivity index (χ2v) is 10.3. The maximum Gasteiger partial charge on any atom is 0.493 e. The third-order valence-corrected chi connectivity index (χ3v) is 7.55. The molecular weight excluding hydrogens is 571 g/mol. The fourth-order valence-electron chi connectivity index (χ4n) is 5.59. The van der Waals surface area contributed by atoms with Crippen LogP contribution in [0.3, 0.4) is 0 Å². The molecule has 1 aromatic carbocycles. The van der Waals surface area contributed by atoms with Crippen LogP contribution in [0.5, 0.6) is 5.75 Å². The molecule has 15 heteroatoms. The molecule has 0 amide bonds. The van der Waals surface area contributed by atoms with Crippen LogP contribution in [0.4, 0.5) is 24.7 Å². The third-order valence-electron chi connectivity index (χ3n) is 7.55. The Morgan fingerprint density at radius 1 is 1.21 bits per heavy atom. The summed E-state index contributed by atoms with van der Waals surface area (Å²) in [4.78, 5) is 52.3. The van der Waals surface area contributed by atoms with E-state index >= 15 is 0 Å². The van der Waals surface area contributed by atoms with E-state index in [2.05, 4.69) is 16.8 Å². The largest absolute Gasteiger partial charge is 0.496 e.